The highest BCUT2D eigenvalue weighted by Crippen LogP contribution is 2.38. The summed E-state index contributed by atoms with van der Waals surface area (Å²) < 4.78 is 34.2. The summed E-state index contributed by atoms with van der Waals surface area (Å²) in [7, 11) is 1.15. The summed E-state index contributed by atoms with van der Waals surface area (Å²) in [6.45, 7) is 4.09. The van der Waals surface area contributed by atoms with E-state index in [2.05, 4.69) is 148 Å². The van der Waals surface area contributed by atoms with E-state index >= 15 is 0 Å². The minimum absolute atomic E-state index is 0.0384. The lowest BCUT2D eigenvalue weighted by molar-refractivity contribution is -0.870. The van der Waals surface area contributed by atoms with Crippen molar-refractivity contribution in [3.05, 3.63) is 134 Å². The summed E-state index contributed by atoms with van der Waals surface area (Å²) in [4.78, 5) is 37.9. The van der Waals surface area contributed by atoms with Gasteiger partial charge in [0, 0.05) is 12.8 Å². The van der Waals surface area contributed by atoms with Gasteiger partial charge in [0.1, 0.15) is 19.8 Å². The van der Waals surface area contributed by atoms with Crippen molar-refractivity contribution >= 4 is 19.8 Å². The van der Waals surface area contributed by atoms with E-state index in [0.29, 0.717) is 17.4 Å². The number of carbonyl (C=O) groups excluding carboxylic acids is 2. The molecule has 0 aromatic carbocycles. The third-order valence-electron chi connectivity index (χ3n) is 13.4. The predicted molar refractivity (Wildman–Crippen MR) is 346 cm³/mol. The van der Waals surface area contributed by atoms with Gasteiger partial charge in [-0.1, -0.05) is 257 Å². The lowest BCUT2D eigenvalue weighted by Gasteiger charge is -2.28. The van der Waals surface area contributed by atoms with Crippen LogP contribution >= 0.6 is 7.82 Å². The van der Waals surface area contributed by atoms with Gasteiger partial charge >= 0.3 is 11.9 Å². The Labute approximate surface area is 498 Å². The maximum Gasteiger partial charge on any atom is 0.306 e. The molecule has 0 aliphatic carbocycles. The van der Waals surface area contributed by atoms with E-state index in [9.17, 15) is 19.0 Å². The van der Waals surface area contributed by atoms with Gasteiger partial charge in [0.25, 0.3) is 7.82 Å². The van der Waals surface area contributed by atoms with Gasteiger partial charge in [0.15, 0.2) is 6.10 Å². The van der Waals surface area contributed by atoms with Crippen LogP contribution in [0.15, 0.2) is 134 Å². The van der Waals surface area contributed by atoms with Crippen LogP contribution in [0.4, 0.5) is 0 Å². The first-order chi connectivity index (χ1) is 39.5. The van der Waals surface area contributed by atoms with Crippen molar-refractivity contribution in [2.75, 3.05) is 47.5 Å². The van der Waals surface area contributed by atoms with Crippen LogP contribution in [-0.2, 0) is 32.7 Å². The lowest BCUT2D eigenvalue weighted by Crippen LogP contribution is -2.37. The van der Waals surface area contributed by atoms with E-state index in [1.165, 1.54) is 96.3 Å². The average Bonchev–Trinajstić information content (AvgIpc) is 3.43. The molecule has 0 rings (SSSR count). The fraction of sp³-hybridized carbons (Fsp3) is 0.662. The molecule has 81 heavy (non-hydrogen) atoms. The number of phosphoric ester groups is 1. The lowest BCUT2D eigenvalue weighted by atomic mass is 10.0. The predicted octanol–water partition coefficient (Wildman–Crippen LogP) is 20.2. The first-order valence-corrected chi connectivity index (χ1v) is 33.9. The first-order valence-electron chi connectivity index (χ1n) is 32.4. The van der Waals surface area contributed by atoms with E-state index in [4.69, 9.17) is 18.5 Å². The molecule has 0 amide bonds. The van der Waals surface area contributed by atoms with Crippen LogP contribution in [0.1, 0.15) is 251 Å². The number of hydrogen-bond donors (Lipinski definition) is 0. The monoisotopic (exact) mass is 1150 g/mol. The van der Waals surface area contributed by atoms with Gasteiger partial charge < -0.3 is 27.9 Å². The van der Waals surface area contributed by atoms with Crippen molar-refractivity contribution in [3.63, 3.8) is 0 Å². The van der Waals surface area contributed by atoms with Gasteiger partial charge in [-0.2, -0.15) is 0 Å². The van der Waals surface area contributed by atoms with E-state index < -0.39 is 32.5 Å². The molecule has 0 spiro atoms. The van der Waals surface area contributed by atoms with E-state index in [1.54, 1.807) is 0 Å². The number of hydrogen-bond acceptors (Lipinski definition) is 8. The summed E-state index contributed by atoms with van der Waals surface area (Å²) >= 11 is 0. The summed E-state index contributed by atoms with van der Waals surface area (Å²) in [5.41, 5.74) is 0. The number of allylic oxidation sites excluding steroid dienone is 22. The van der Waals surface area contributed by atoms with Gasteiger partial charge in [-0.25, -0.2) is 0 Å². The second kappa shape index (κ2) is 60.7. The van der Waals surface area contributed by atoms with Crippen molar-refractivity contribution in [1.29, 1.82) is 0 Å². The summed E-state index contributed by atoms with van der Waals surface area (Å²) in [5, 5.41) is 0. The zero-order valence-corrected chi connectivity index (χ0v) is 53.3. The average molecular weight is 1150 g/mol. The quantitative estimate of drug-likeness (QED) is 0.0195. The SMILES string of the molecule is CC/C=C\C/C=C\C/C=C\C/C=C\C/C=C\C/C=C\C/C=C\C/C=C\C/C=C\CCCCCCCCCCCCCC(=O)OC(COC(=O)CCCCCCCCC/C=C\C/C=C\CCCCCC)COP(=O)([O-])OCC[N+](C)(C)C. The molecule has 9 nitrogen and oxygen atoms in total. The standard InChI is InChI=1S/C71H120NO8P/c1-6-8-10-12-14-16-18-20-22-24-26-27-28-29-30-31-32-33-34-35-36-37-38-39-40-41-42-43-44-45-46-48-50-52-54-56-58-60-62-64-71(74)80-69(68-79-81(75,76)78-66-65-72(3,4)5)67-77-70(73)63-61-59-57-55-53-51-49-47-25-23-21-19-17-15-13-11-9-7-2/h8,10,14,16-17,19-20,22-23,25-27,29-30,32-33,35-36,38-39,41-42,69H,6-7,9,11-13,15,18,21,24,28,31,34,37,40,43-68H2,1-5H3/b10-8-,16-14-,19-17-,22-20-,25-23-,27-26-,30-29-,33-32-,36-35-,39-38-,42-41-. The third-order valence-corrected chi connectivity index (χ3v) is 14.4. The Balaban J connectivity index is 4.10. The van der Waals surface area contributed by atoms with Crippen LogP contribution in [0.3, 0.4) is 0 Å². The molecule has 462 valence electrons. The molecule has 2 unspecified atom stereocenters. The molecular weight excluding hydrogens is 1030 g/mol. The van der Waals surface area contributed by atoms with Crippen LogP contribution < -0.4 is 4.89 Å². The zero-order valence-electron chi connectivity index (χ0n) is 52.4. The second-order valence-electron chi connectivity index (χ2n) is 22.4. The molecule has 0 bridgehead atoms. The molecule has 0 saturated heterocycles. The van der Waals surface area contributed by atoms with Gasteiger partial charge in [-0.3, -0.25) is 14.2 Å². The minimum atomic E-state index is -4.65. The van der Waals surface area contributed by atoms with Crippen molar-refractivity contribution in [2.45, 2.75) is 258 Å². The molecule has 0 aliphatic heterocycles. The molecule has 0 aromatic heterocycles. The number of rotatable bonds is 58. The Morgan fingerprint density at radius 3 is 1.05 bits per heavy atom. The van der Waals surface area contributed by atoms with Crippen molar-refractivity contribution in [1.82, 2.24) is 0 Å². The normalized spacial score (nSPS) is 14.1. The second-order valence-corrected chi connectivity index (χ2v) is 23.8. The van der Waals surface area contributed by atoms with E-state index in [0.717, 1.165) is 122 Å². The summed E-state index contributed by atoms with van der Waals surface area (Å²) in [6.07, 6.45) is 88.0. The smallest absolute Gasteiger partial charge is 0.306 e. The van der Waals surface area contributed by atoms with Crippen LogP contribution in [-0.4, -0.2) is 70.0 Å². The maximum absolute atomic E-state index is 12.8. The molecule has 2 atom stereocenters. The molecule has 0 N–H and O–H groups in total. The fourth-order valence-electron chi connectivity index (χ4n) is 8.44. The molecule has 0 heterocycles. The van der Waals surface area contributed by atoms with Crippen molar-refractivity contribution < 1.29 is 42.1 Å². The first kappa shape index (κ1) is 77.2. The highest BCUT2D eigenvalue weighted by atomic mass is 31.2. The summed E-state index contributed by atoms with van der Waals surface area (Å²) in [6, 6.07) is 0. The number of carbonyl (C=O) groups is 2. The molecule has 0 aliphatic rings. The Hall–Kier alpha value is -3.85. The van der Waals surface area contributed by atoms with Crippen molar-refractivity contribution in [2.24, 2.45) is 0 Å². The molecule has 0 aromatic rings. The largest absolute Gasteiger partial charge is 0.756 e. The minimum Gasteiger partial charge on any atom is -0.756 e. The highest BCUT2D eigenvalue weighted by Gasteiger charge is 2.22. The fourth-order valence-corrected chi connectivity index (χ4v) is 9.17. The maximum atomic E-state index is 12.8. The van der Waals surface area contributed by atoms with Crippen LogP contribution in [0.5, 0.6) is 0 Å². The number of likely N-dealkylation sites (N-methyl/N-ethyl adjacent to an activating group) is 1. The zero-order chi connectivity index (χ0) is 59.1. The van der Waals surface area contributed by atoms with Crippen LogP contribution in [0.2, 0.25) is 0 Å². The number of ether oxygens (including phenoxy) is 2. The van der Waals surface area contributed by atoms with Gasteiger partial charge in [0.05, 0.1) is 27.7 Å². The number of unbranched alkanes of at least 4 members (excludes halogenated alkanes) is 22. The number of quaternary nitrogens is 1. The molecule has 0 saturated carbocycles. The van der Waals surface area contributed by atoms with Gasteiger partial charge in [-0.15, -0.1) is 0 Å². The van der Waals surface area contributed by atoms with Gasteiger partial charge in [-0.05, 0) is 116 Å². The molecule has 0 radical (unpaired) electrons. The number of nitrogens with zero attached hydrogens (tertiary/aromatic N) is 1. The number of phosphoric acid groups is 1. The van der Waals surface area contributed by atoms with E-state index in [-0.39, 0.29) is 26.1 Å². The van der Waals surface area contributed by atoms with Crippen LogP contribution in [0, 0.1) is 0 Å². The Bertz CT molecular complexity index is 1830. The Kier molecular flexibility index (Phi) is 57.8. The Morgan fingerprint density at radius 2 is 0.704 bits per heavy atom. The highest BCUT2D eigenvalue weighted by molar-refractivity contribution is 7.45. The molecule has 0 fully saturated rings. The summed E-state index contributed by atoms with van der Waals surface area (Å²) in [5.74, 6) is -0.850. The molecular formula is C71H120NO8P. The van der Waals surface area contributed by atoms with E-state index in [1.807, 2.05) is 21.1 Å². The van der Waals surface area contributed by atoms with Crippen LogP contribution in [0.25, 0.3) is 0 Å². The van der Waals surface area contributed by atoms with Gasteiger partial charge in [0.2, 0.25) is 0 Å². The topological polar surface area (TPSA) is 111 Å². The Morgan fingerprint density at radius 1 is 0.395 bits per heavy atom. The molecule has 10 heteroatoms. The third kappa shape index (κ3) is 65.2. The van der Waals surface area contributed by atoms with Crippen molar-refractivity contribution in [3.8, 4) is 0 Å². The number of esters is 2.